The third-order valence-corrected chi connectivity index (χ3v) is 2.84. The van der Waals surface area contributed by atoms with Gasteiger partial charge in [0, 0.05) is 10.7 Å². The summed E-state index contributed by atoms with van der Waals surface area (Å²) in [6.45, 7) is 0.337. The predicted molar refractivity (Wildman–Crippen MR) is 52.6 cm³/mol. The molecule has 0 radical (unpaired) electrons. The monoisotopic (exact) mass is 337 g/mol. The minimum atomic E-state index is -5.13. The quantitative estimate of drug-likeness (QED) is 0.794. The van der Waals surface area contributed by atoms with Crippen molar-refractivity contribution in [1.29, 1.82) is 0 Å². The average Bonchev–Trinajstić information content (AvgIpc) is 2.14. The van der Waals surface area contributed by atoms with Crippen LogP contribution in [0, 0.1) is 0 Å². The van der Waals surface area contributed by atoms with E-state index in [2.05, 4.69) is 20.9 Å². The van der Waals surface area contributed by atoms with Crippen LogP contribution in [0.4, 0.5) is 26.3 Å². The van der Waals surface area contributed by atoms with Crippen LogP contribution in [0.1, 0.15) is 18.2 Å². The molecule has 1 atom stereocenters. The highest BCUT2D eigenvalue weighted by molar-refractivity contribution is 9.10. The molecule has 102 valence electrons. The molecule has 2 nitrogen and oxygen atoms in total. The highest BCUT2D eigenvalue weighted by atomic mass is 79.9. The normalized spacial score (nSPS) is 16.5. The molecule has 0 aliphatic rings. The Morgan fingerprint density at radius 2 is 1.67 bits per heavy atom. The van der Waals surface area contributed by atoms with E-state index in [-0.39, 0.29) is 6.07 Å². The SMILES string of the molecule is CC(O)(c1cc(C(F)(F)F)c(Br)cn1)C(F)(F)F. The van der Waals surface area contributed by atoms with E-state index in [1.165, 1.54) is 0 Å². The molecule has 0 spiro atoms. The third kappa shape index (κ3) is 2.77. The van der Waals surface area contributed by atoms with E-state index < -0.39 is 33.7 Å². The molecule has 0 aromatic carbocycles. The van der Waals surface area contributed by atoms with Crippen LogP contribution in [-0.2, 0) is 11.8 Å². The number of alkyl halides is 6. The molecule has 0 bridgehead atoms. The van der Waals surface area contributed by atoms with Crippen molar-refractivity contribution < 1.29 is 31.4 Å². The lowest BCUT2D eigenvalue weighted by molar-refractivity contribution is -0.260. The molecular weight excluding hydrogens is 332 g/mol. The van der Waals surface area contributed by atoms with Crippen LogP contribution in [0.25, 0.3) is 0 Å². The van der Waals surface area contributed by atoms with Crippen LogP contribution in [0.3, 0.4) is 0 Å². The second-order valence-corrected chi connectivity index (χ2v) is 4.47. The Morgan fingerprint density at radius 1 is 1.17 bits per heavy atom. The van der Waals surface area contributed by atoms with Gasteiger partial charge in [0.25, 0.3) is 0 Å². The topological polar surface area (TPSA) is 33.1 Å². The predicted octanol–water partition coefficient (Wildman–Crippen LogP) is 3.63. The Morgan fingerprint density at radius 3 is 2.06 bits per heavy atom. The van der Waals surface area contributed by atoms with Crippen LogP contribution >= 0.6 is 15.9 Å². The summed E-state index contributed by atoms with van der Waals surface area (Å²) in [4.78, 5) is 3.17. The number of halogens is 7. The number of aromatic nitrogens is 1. The second-order valence-electron chi connectivity index (χ2n) is 3.62. The number of rotatable bonds is 1. The Kier molecular flexibility index (Phi) is 3.70. The van der Waals surface area contributed by atoms with Gasteiger partial charge in [-0.25, -0.2) is 0 Å². The van der Waals surface area contributed by atoms with Crippen molar-refractivity contribution in [3.05, 3.63) is 28.0 Å². The Labute approximate surface area is 106 Å². The van der Waals surface area contributed by atoms with E-state index in [4.69, 9.17) is 0 Å². The van der Waals surface area contributed by atoms with Gasteiger partial charge >= 0.3 is 12.4 Å². The first-order chi connectivity index (χ1) is 7.87. The molecule has 1 unspecified atom stereocenters. The zero-order chi connectivity index (χ0) is 14.4. The van der Waals surface area contributed by atoms with E-state index in [0.717, 1.165) is 0 Å². The van der Waals surface area contributed by atoms with E-state index in [9.17, 15) is 31.4 Å². The van der Waals surface area contributed by atoms with Crippen molar-refractivity contribution in [3.8, 4) is 0 Å². The summed E-state index contributed by atoms with van der Waals surface area (Å²) in [7, 11) is 0. The Balaban J connectivity index is 3.38. The van der Waals surface area contributed by atoms with E-state index >= 15 is 0 Å². The van der Waals surface area contributed by atoms with Crippen LogP contribution in [0.2, 0.25) is 0 Å². The molecule has 0 saturated heterocycles. The van der Waals surface area contributed by atoms with Crippen LogP contribution < -0.4 is 0 Å². The van der Waals surface area contributed by atoms with Gasteiger partial charge in [-0.3, -0.25) is 4.98 Å². The van der Waals surface area contributed by atoms with Gasteiger partial charge < -0.3 is 5.11 Å². The maximum absolute atomic E-state index is 12.5. The van der Waals surface area contributed by atoms with Gasteiger partial charge in [0.2, 0.25) is 0 Å². The maximum Gasteiger partial charge on any atom is 0.422 e. The summed E-state index contributed by atoms with van der Waals surface area (Å²) >= 11 is 2.54. The molecule has 0 amide bonds. The number of hydrogen-bond donors (Lipinski definition) is 1. The lowest BCUT2D eigenvalue weighted by Gasteiger charge is -2.26. The first-order valence-corrected chi connectivity index (χ1v) is 5.19. The fraction of sp³-hybridized carbons (Fsp3) is 0.444. The van der Waals surface area contributed by atoms with Gasteiger partial charge in [-0.05, 0) is 28.9 Å². The fourth-order valence-corrected chi connectivity index (χ4v) is 1.51. The average molecular weight is 338 g/mol. The standard InChI is InChI=1S/C9H6BrF6NO/c1-7(18,9(14,15)16)6-2-4(8(11,12)13)5(10)3-17-6/h2-3,18H,1H3. The Hall–Kier alpha value is -0.830. The Bertz CT molecular complexity index is 453. The molecule has 0 aliphatic heterocycles. The van der Waals surface area contributed by atoms with Crippen molar-refractivity contribution in [2.24, 2.45) is 0 Å². The minimum absolute atomic E-state index is 0.164. The molecule has 18 heavy (non-hydrogen) atoms. The third-order valence-electron chi connectivity index (χ3n) is 2.21. The number of nitrogens with zero attached hydrogens (tertiary/aromatic N) is 1. The molecule has 0 saturated carbocycles. The number of pyridine rings is 1. The zero-order valence-corrected chi connectivity index (χ0v) is 10.3. The highest BCUT2D eigenvalue weighted by Gasteiger charge is 2.53. The number of hydrogen-bond acceptors (Lipinski definition) is 2. The van der Waals surface area contributed by atoms with Crippen molar-refractivity contribution in [1.82, 2.24) is 4.98 Å². The van der Waals surface area contributed by atoms with E-state index in [1.807, 2.05) is 0 Å². The fourth-order valence-electron chi connectivity index (χ4n) is 1.07. The van der Waals surface area contributed by atoms with Gasteiger partial charge in [-0.15, -0.1) is 0 Å². The summed E-state index contributed by atoms with van der Waals surface area (Å²) < 4.78 is 74.4. The van der Waals surface area contributed by atoms with E-state index in [0.29, 0.717) is 13.1 Å². The van der Waals surface area contributed by atoms with Gasteiger partial charge in [0.1, 0.15) is 0 Å². The molecule has 1 rings (SSSR count). The smallest absolute Gasteiger partial charge is 0.375 e. The van der Waals surface area contributed by atoms with Gasteiger partial charge in [0.15, 0.2) is 5.60 Å². The summed E-state index contributed by atoms with van der Waals surface area (Å²) in [6.07, 6.45) is -9.41. The highest BCUT2D eigenvalue weighted by Crippen LogP contribution is 2.41. The lowest BCUT2D eigenvalue weighted by Crippen LogP contribution is -2.40. The van der Waals surface area contributed by atoms with Crippen molar-refractivity contribution >= 4 is 15.9 Å². The van der Waals surface area contributed by atoms with Crippen LogP contribution in [0.5, 0.6) is 0 Å². The zero-order valence-electron chi connectivity index (χ0n) is 8.69. The summed E-state index contributed by atoms with van der Waals surface area (Å²) in [5.74, 6) is 0. The molecule has 1 aromatic rings. The minimum Gasteiger partial charge on any atom is -0.375 e. The van der Waals surface area contributed by atoms with Gasteiger partial charge in [-0.1, -0.05) is 0 Å². The van der Waals surface area contributed by atoms with Gasteiger partial charge in [0.05, 0.1) is 11.3 Å². The maximum atomic E-state index is 12.5. The van der Waals surface area contributed by atoms with Gasteiger partial charge in [-0.2, -0.15) is 26.3 Å². The first-order valence-electron chi connectivity index (χ1n) is 4.39. The second kappa shape index (κ2) is 4.37. The molecule has 0 aliphatic carbocycles. The summed E-state index contributed by atoms with van der Waals surface area (Å²) in [6, 6.07) is 0.164. The first kappa shape index (κ1) is 15.2. The molecular formula is C9H6BrF6NO. The molecule has 1 aromatic heterocycles. The molecule has 0 fully saturated rings. The molecule has 1 N–H and O–H groups in total. The van der Waals surface area contributed by atoms with Crippen molar-refractivity contribution in [3.63, 3.8) is 0 Å². The van der Waals surface area contributed by atoms with Crippen LogP contribution in [0.15, 0.2) is 16.7 Å². The number of aliphatic hydroxyl groups is 1. The molecule has 1 heterocycles. The van der Waals surface area contributed by atoms with Crippen LogP contribution in [-0.4, -0.2) is 16.3 Å². The van der Waals surface area contributed by atoms with E-state index in [1.54, 1.807) is 0 Å². The molecule has 9 heteroatoms. The lowest BCUT2D eigenvalue weighted by atomic mass is 9.99. The van der Waals surface area contributed by atoms with Crippen molar-refractivity contribution in [2.75, 3.05) is 0 Å². The largest absolute Gasteiger partial charge is 0.422 e. The van der Waals surface area contributed by atoms with Crippen molar-refractivity contribution in [2.45, 2.75) is 24.9 Å². The summed E-state index contributed by atoms with van der Waals surface area (Å²) in [5.41, 5.74) is -5.91. The summed E-state index contributed by atoms with van der Waals surface area (Å²) in [5, 5.41) is 9.23.